The van der Waals surface area contributed by atoms with Crippen molar-refractivity contribution < 1.29 is 9.53 Å². The zero-order valence-electron chi connectivity index (χ0n) is 12.0. The molecular weight excluding hydrogens is 316 g/mol. The average Bonchev–Trinajstić information content (AvgIpc) is 2.91. The molecule has 4 rings (SSSR count). The smallest absolute Gasteiger partial charge is 0.262 e. The number of carbonyl (C=O) groups is 1. The summed E-state index contributed by atoms with van der Waals surface area (Å²) in [5.41, 5.74) is 9.78. The fraction of sp³-hybridized carbons (Fsp3) is 0.125. The fourth-order valence-corrected chi connectivity index (χ4v) is 2.88. The van der Waals surface area contributed by atoms with Gasteiger partial charge in [0.15, 0.2) is 6.61 Å². The van der Waals surface area contributed by atoms with Gasteiger partial charge in [-0.25, -0.2) is 4.98 Å². The standard InChI is InChI=1S/C16H13ClN4O2/c17-10-2-4-14-20-16(12(6-18)21(14)7-10)9-1-3-13-11(5-9)19-15(22)8-23-13/h1-5,7H,6,8,18H2,(H,19,22). The number of pyridine rings is 1. The Balaban J connectivity index is 1.89. The molecular formula is C16H13ClN4O2. The van der Waals surface area contributed by atoms with Crippen molar-refractivity contribution in [2.45, 2.75) is 6.54 Å². The minimum absolute atomic E-state index is 0.0350. The number of nitrogens with one attached hydrogen (secondary N) is 1. The lowest BCUT2D eigenvalue weighted by Crippen LogP contribution is -2.25. The van der Waals surface area contributed by atoms with Gasteiger partial charge in [0.1, 0.15) is 11.4 Å². The number of aromatic nitrogens is 2. The van der Waals surface area contributed by atoms with Crippen LogP contribution in [0.25, 0.3) is 16.9 Å². The zero-order valence-corrected chi connectivity index (χ0v) is 12.8. The molecule has 0 saturated carbocycles. The summed E-state index contributed by atoms with van der Waals surface area (Å²) >= 11 is 6.06. The van der Waals surface area contributed by atoms with Crippen molar-refractivity contribution in [1.82, 2.24) is 9.38 Å². The van der Waals surface area contributed by atoms with Crippen LogP contribution in [0.5, 0.6) is 5.75 Å². The quantitative estimate of drug-likeness (QED) is 0.757. The van der Waals surface area contributed by atoms with Crippen LogP contribution in [0.3, 0.4) is 0 Å². The van der Waals surface area contributed by atoms with E-state index in [-0.39, 0.29) is 12.5 Å². The monoisotopic (exact) mass is 328 g/mol. The number of rotatable bonds is 2. The number of benzene rings is 1. The number of anilines is 1. The number of imidazole rings is 1. The molecule has 1 aromatic carbocycles. The molecule has 0 unspecified atom stereocenters. The summed E-state index contributed by atoms with van der Waals surface area (Å²) in [5, 5.41) is 3.41. The molecule has 23 heavy (non-hydrogen) atoms. The van der Waals surface area contributed by atoms with Crippen molar-refractivity contribution in [1.29, 1.82) is 0 Å². The third-order valence-electron chi connectivity index (χ3n) is 3.76. The maximum Gasteiger partial charge on any atom is 0.262 e. The first-order valence-electron chi connectivity index (χ1n) is 7.09. The Hall–Kier alpha value is -2.57. The Kier molecular flexibility index (Phi) is 3.21. The largest absolute Gasteiger partial charge is 0.482 e. The number of amides is 1. The molecule has 3 heterocycles. The Bertz CT molecular complexity index is 935. The molecule has 3 aromatic rings. The van der Waals surface area contributed by atoms with Gasteiger partial charge in [0, 0.05) is 18.3 Å². The number of ether oxygens (including phenoxy) is 1. The molecule has 7 heteroatoms. The first-order chi connectivity index (χ1) is 11.2. The van der Waals surface area contributed by atoms with E-state index in [1.165, 1.54) is 0 Å². The van der Waals surface area contributed by atoms with Crippen LogP contribution >= 0.6 is 11.6 Å². The summed E-state index contributed by atoms with van der Waals surface area (Å²) in [6.07, 6.45) is 1.79. The summed E-state index contributed by atoms with van der Waals surface area (Å²) in [6, 6.07) is 9.19. The van der Waals surface area contributed by atoms with Crippen molar-refractivity contribution in [2.24, 2.45) is 5.73 Å². The Morgan fingerprint density at radius 1 is 1.35 bits per heavy atom. The summed E-state index contributed by atoms with van der Waals surface area (Å²) in [6.45, 7) is 0.351. The molecule has 2 aromatic heterocycles. The van der Waals surface area contributed by atoms with E-state index >= 15 is 0 Å². The average molecular weight is 329 g/mol. The molecule has 3 N–H and O–H groups in total. The second-order valence-electron chi connectivity index (χ2n) is 5.23. The number of hydrogen-bond donors (Lipinski definition) is 2. The normalized spacial score (nSPS) is 13.6. The lowest BCUT2D eigenvalue weighted by atomic mass is 10.1. The van der Waals surface area contributed by atoms with Gasteiger partial charge in [0.25, 0.3) is 5.91 Å². The molecule has 0 fully saturated rings. The molecule has 0 aliphatic carbocycles. The Morgan fingerprint density at radius 2 is 2.22 bits per heavy atom. The summed E-state index contributed by atoms with van der Waals surface area (Å²) in [7, 11) is 0. The highest BCUT2D eigenvalue weighted by atomic mass is 35.5. The van der Waals surface area contributed by atoms with Crippen LogP contribution in [0.15, 0.2) is 36.5 Å². The number of nitrogens with zero attached hydrogens (tertiary/aromatic N) is 2. The minimum Gasteiger partial charge on any atom is -0.482 e. The van der Waals surface area contributed by atoms with Crippen LogP contribution in [0.2, 0.25) is 5.02 Å². The van der Waals surface area contributed by atoms with Crippen LogP contribution in [-0.4, -0.2) is 21.9 Å². The predicted molar refractivity (Wildman–Crippen MR) is 87.7 cm³/mol. The van der Waals surface area contributed by atoms with Gasteiger partial charge in [-0.1, -0.05) is 11.6 Å². The second-order valence-corrected chi connectivity index (χ2v) is 5.67. The zero-order chi connectivity index (χ0) is 16.0. The van der Waals surface area contributed by atoms with Crippen LogP contribution < -0.4 is 15.8 Å². The van der Waals surface area contributed by atoms with E-state index in [1.54, 1.807) is 12.3 Å². The molecule has 1 aliphatic rings. The van der Waals surface area contributed by atoms with E-state index in [2.05, 4.69) is 10.3 Å². The Labute approximate surface area is 136 Å². The van der Waals surface area contributed by atoms with Crippen LogP contribution in [0.4, 0.5) is 5.69 Å². The number of nitrogens with two attached hydrogens (primary N) is 1. The lowest BCUT2D eigenvalue weighted by Gasteiger charge is -2.18. The van der Waals surface area contributed by atoms with E-state index < -0.39 is 0 Å². The molecule has 0 bridgehead atoms. The van der Waals surface area contributed by atoms with Crippen molar-refractivity contribution in [3.63, 3.8) is 0 Å². The first-order valence-corrected chi connectivity index (χ1v) is 7.47. The molecule has 6 nitrogen and oxygen atoms in total. The van der Waals surface area contributed by atoms with Gasteiger partial charge in [-0.3, -0.25) is 4.79 Å². The number of fused-ring (bicyclic) bond motifs is 2. The predicted octanol–water partition coefficient (Wildman–Crippen LogP) is 2.44. The molecule has 0 atom stereocenters. The van der Waals surface area contributed by atoms with Gasteiger partial charge in [0.05, 0.1) is 22.1 Å². The Morgan fingerprint density at radius 3 is 3.04 bits per heavy atom. The highest BCUT2D eigenvalue weighted by molar-refractivity contribution is 6.30. The van der Waals surface area contributed by atoms with Crippen molar-refractivity contribution in [3.8, 4) is 17.0 Å². The van der Waals surface area contributed by atoms with Gasteiger partial charge in [-0.15, -0.1) is 0 Å². The van der Waals surface area contributed by atoms with Crippen molar-refractivity contribution in [2.75, 3.05) is 11.9 Å². The van der Waals surface area contributed by atoms with Gasteiger partial charge in [-0.2, -0.15) is 0 Å². The fourth-order valence-electron chi connectivity index (χ4n) is 2.72. The van der Waals surface area contributed by atoms with E-state index in [0.717, 1.165) is 22.6 Å². The van der Waals surface area contributed by atoms with Gasteiger partial charge < -0.3 is 20.2 Å². The second kappa shape index (κ2) is 5.26. The summed E-state index contributed by atoms with van der Waals surface area (Å²) in [4.78, 5) is 16.1. The number of halogens is 1. The lowest BCUT2D eigenvalue weighted by molar-refractivity contribution is -0.118. The van der Waals surface area contributed by atoms with Gasteiger partial charge >= 0.3 is 0 Å². The maximum absolute atomic E-state index is 11.5. The topological polar surface area (TPSA) is 81.6 Å². The van der Waals surface area contributed by atoms with Crippen LogP contribution in [0, 0.1) is 0 Å². The number of carbonyl (C=O) groups excluding carboxylic acids is 1. The number of hydrogen-bond acceptors (Lipinski definition) is 4. The third kappa shape index (κ3) is 2.32. The first kappa shape index (κ1) is 14.0. The van der Waals surface area contributed by atoms with Crippen molar-refractivity contribution >= 4 is 28.8 Å². The third-order valence-corrected chi connectivity index (χ3v) is 3.98. The minimum atomic E-state index is -0.171. The van der Waals surface area contributed by atoms with Crippen LogP contribution in [0.1, 0.15) is 5.69 Å². The van der Waals surface area contributed by atoms with E-state index in [9.17, 15) is 4.79 Å². The van der Waals surface area contributed by atoms with E-state index in [0.29, 0.717) is 23.0 Å². The van der Waals surface area contributed by atoms with Gasteiger partial charge in [-0.05, 0) is 30.3 Å². The molecule has 0 spiro atoms. The maximum atomic E-state index is 11.5. The van der Waals surface area contributed by atoms with E-state index in [1.807, 2.05) is 28.7 Å². The van der Waals surface area contributed by atoms with Gasteiger partial charge in [0.2, 0.25) is 0 Å². The molecule has 1 amide bonds. The SMILES string of the molecule is NCc1c(-c2ccc3c(c2)NC(=O)CO3)nc2ccc(Cl)cn12. The summed E-state index contributed by atoms with van der Waals surface area (Å²) < 4.78 is 7.26. The van der Waals surface area contributed by atoms with E-state index in [4.69, 9.17) is 22.1 Å². The van der Waals surface area contributed by atoms with Crippen LogP contribution in [-0.2, 0) is 11.3 Å². The molecule has 0 radical (unpaired) electrons. The molecule has 1 aliphatic heterocycles. The highest BCUT2D eigenvalue weighted by Crippen LogP contribution is 2.34. The molecule has 116 valence electrons. The molecule has 0 saturated heterocycles. The van der Waals surface area contributed by atoms with Crippen molar-refractivity contribution in [3.05, 3.63) is 47.2 Å². The summed E-state index contributed by atoms with van der Waals surface area (Å²) in [5.74, 6) is 0.477. The highest BCUT2D eigenvalue weighted by Gasteiger charge is 2.19.